The van der Waals surface area contributed by atoms with Crippen molar-refractivity contribution in [1.82, 2.24) is 15.8 Å². The molecule has 0 spiro atoms. The number of nitrogens with zero attached hydrogens (tertiary/aromatic N) is 1. The van der Waals surface area contributed by atoms with Gasteiger partial charge in [-0.05, 0) is 12.2 Å². The van der Waals surface area contributed by atoms with Crippen molar-refractivity contribution in [3.63, 3.8) is 0 Å². The molecule has 0 bridgehead atoms. The van der Waals surface area contributed by atoms with Crippen LogP contribution in [-0.2, 0) is 9.84 Å². The average molecular weight is 272 g/mol. The Morgan fingerprint density at radius 1 is 1.47 bits per heavy atom. The van der Waals surface area contributed by atoms with E-state index in [-0.39, 0.29) is 17.5 Å². The molecule has 0 saturated carbocycles. The first kappa shape index (κ1) is 13.0. The van der Waals surface area contributed by atoms with E-state index >= 15 is 0 Å². The molecule has 5 nitrogen and oxygen atoms in total. The van der Waals surface area contributed by atoms with Crippen LogP contribution in [0.4, 0.5) is 0 Å². The highest BCUT2D eigenvalue weighted by Gasteiger charge is 2.36. The molecular weight excluding hydrogens is 258 g/mol. The first-order chi connectivity index (χ1) is 6.80. The van der Waals surface area contributed by atoms with Crippen molar-refractivity contribution in [2.45, 2.75) is 11.4 Å². The Labute approximate surface area is 100 Å². The number of hydrazine groups is 1. The molecule has 1 fully saturated rings. The predicted octanol–water partition coefficient (Wildman–Crippen LogP) is -0.668. The summed E-state index contributed by atoms with van der Waals surface area (Å²) in [6.45, 7) is 0. The normalized spacial score (nSPS) is 29.1. The van der Waals surface area contributed by atoms with Gasteiger partial charge in [0.1, 0.15) is 0 Å². The van der Waals surface area contributed by atoms with E-state index in [1.54, 1.807) is 19.1 Å². The molecular formula is C7H14ClN3O2S2. The second-order valence-corrected chi connectivity index (χ2v) is 6.80. The summed E-state index contributed by atoms with van der Waals surface area (Å²) in [5, 5.41) is 4.51. The lowest BCUT2D eigenvalue weighted by Crippen LogP contribution is -2.49. The summed E-state index contributed by atoms with van der Waals surface area (Å²) >= 11 is 10.9. The maximum absolute atomic E-state index is 11.3. The summed E-state index contributed by atoms with van der Waals surface area (Å²) in [6.07, 6.45) is 0. The minimum atomic E-state index is -3.01. The van der Waals surface area contributed by atoms with Crippen LogP contribution in [0.25, 0.3) is 0 Å². The summed E-state index contributed by atoms with van der Waals surface area (Å²) in [4.78, 5) is 0. The highest BCUT2D eigenvalue weighted by atomic mass is 35.5. The molecule has 0 aromatic heterocycles. The lowest BCUT2D eigenvalue weighted by Gasteiger charge is -2.20. The van der Waals surface area contributed by atoms with Crippen LogP contribution in [0.5, 0.6) is 0 Å². The zero-order valence-corrected chi connectivity index (χ0v) is 10.9. The quantitative estimate of drug-likeness (QED) is 0.395. The molecule has 15 heavy (non-hydrogen) atoms. The van der Waals surface area contributed by atoms with Gasteiger partial charge in [-0.2, -0.15) is 0 Å². The molecule has 0 aromatic carbocycles. The van der Waals surface area contributed by atoms with Crippen molar-refractivity contribution >= 4 is 38.8 Å². The highest BCUT2D eigenvalue weighted by molar-refractivity contribution is 7.91. The molecule has 0 aliphatic carbocycles. The van der Waals surface area contributed by atoms with Crippen molar-refractivity contribution in [1.29, 1.82) is 0 Å². The van der Waals surface area contributed by atoms with Crippen LogP contribution < -0.4 is 10.7 Å². The Kier molecular flexibility index (Phi) is 4.16. The molecule has 1 aliphatic heterocycles. The molecule has 0 amide bonds. The number of alkyl halides is 1. The number of nitrogens with one attached hydrogen (secondary N) is 2. The summed E-state index contributed by atoms with van der Waals surface area (Å²) in [7, 11) is 0.564. The monoisotopic (exact) mass is 271 g/mol. The van der Waals surface area contributed by atoms with E-state index in [1.165, 1.54) is 0 Å². The number of rotatable bonds is 2. The molecule has 1 saturated heterocycles. The van der Waals surface area contributed by atoms with Gasteiger partial charge in [0.15, 0.2) is 14.9 Å². The predicted molar refractivity (Wildman–Crippen MR) is 64.6 cm³/mol. The summed E-state index contributed by atoms with van der Waals surface area (Å²) in [6, 6.07) is -0.309. The molecule has 88 valence electrons. The summed E-state index contributed by atoms with van der Waals surface area (Å²) in [5.74, 6) is 0.0488. The Balaban J connectivity index is 2.50. The average Bonchev–Trinajstić information content (AvgIpc) is 2.22. The zero-order valence-electron chi connectivity index (χ0n) is 8.53. The first-order valence-electron chi connectivity index (χ1n) is 4.39. The number of hydrogen-bond acceptors (Lipinski definition) is 4. The third-order valence-corrected chi connectivity index (χ3v) is 4.51. The second-order valence-electron chi connectivity index (χ2n) is 3.68. The van der Waals surface area contributed by atoms with E-state index in [4.69, 9.17) is 23.8 Å². The van der Waals surface area contributed by atoms with Crippen LogP contribution in [0, 0.1) is 0 Å². The smallest absolute Gasteiger partial charge is 0.181 e. The molecule has 2 N–H and O–H groups in total. The number of sulfone groups is 1. The van der Waals surface area contributed by atoms with E-state index in [1.807, 2.05) is 0 Å². The molecule has 1 rings (SSSR count). The molecule has 0 aromatic rings. The molecule has 1 heterocycles. The van der Waals surface area contributed by atoms with Crippen molar-refractivity contribution in [3.05, 3.63) is 0 Å². The van der Waals surface area contributed by atoms with Gasteiger partial charge in [-0.1, -0.05) is 0 Å². The van der Waals surface area contributed by atoms with Crippen molar-refractivity contribution < 1.29 is 8.42 Å². The maximum atomic E-state index is 11.3. The van der Waals surface area contributed by atoms with Crippen molar-refractivity contribution in [2.75, 3.05) is 25.6 Å². The van der Waals surface area contributed by atoms with Gasteiger partial charge < -0.3 is 5.32 Å². The summed E-state index contributed by atoms with van der Waals surface area (Å²) in [5.41, 5.74) is 2.82. The molecule has 0 unspecified atom stereocenters. The molecule has 2 atom stereocenters. The van der Waals surface area contributed by atoms with Gasteiger partial charge >= 0.3 is 0 Å². The van der Waals surface area contributed by atoms with Gasteiger partial charge in [0.25, 0.3) is 0 Å². The van der Waals surface area contributed by atoms with Gasteiger partial charge in [0.2, 0.25) is 0 Å². The molecule has 0 radical (unpaired) electrons. The third kappa shape index (κ3) is 4.10. The lowest BCUT2D eigenvalue weighted by atomic mass is 10.3. The second kappa shape index (κ2) is 4.82. The fraction of sp³-hybridized carbons (Fsp3) is 0.857. The van der Waals surface area contributed by atoms with Crippen molar-refractivity contribution in [3.8, 4) is 0 Å². The van der Waals surface area contributed by atoms with Gasteiger partial charge in [-0.3, -0.25) is 5.43 Å². The summed E-state index contributed by atoms with van der Waals surface area (Å²) < 4.78 is 22.5. The highest BCUT2D eigenvalue weighted by Crippen LogP contribution is 2.17. The van der Waals surface area contributed by atoms with E-state index in [0.717, 1.165) is 0 Å². The fourth-order valence-corrected chi connectivity index (χ4v) is 4.22. The van der Waals surface area contributed by atoms with Crippen LogP contribution in [0.1, 0.15) is 0 Å². The van der Waals surface area contributed by atoms with Crippen LogP contribution in [0.3, 0.4) is 0 Å². The number of thiocarbonyl (C=S) groups is 1. The van der Waals surface area contributed by atoms with Crippen LogP contribution in [0.15, 0.2) is 0 Å². The topological polar surface area (TPSA) is 61.4 Å². The fourth-order valence-electron chi connectivity index (χ4n) is 1.34. The van der Waals surface area contributed by atoms with E-state index in [2.05, 4.69) is 10.7 Å². The van der Waals surface area contributed by atoms with E-state index < -0.39 is 15.2 Å². The Bertz CT molecular complexity index is 344. The van der Waals surface area contributed by atoms with E-state index in [9.17, 15) is 8.42 Å². The Morgan fingerprint density at radius 3 is 2.47 bits per heavy atom. The number of halogens is 1. The maximum Gasteiger partial charge on any atom is 0.181 e. The van der Waals surface area contributed by atoms with Crippen LogP contribution in [0.2, 0.25) is 0 Å². The Hall–Kier alpha value is -0.110. The molecule has 8 heteroatoms. The SMILES string of the molecule is CN(C)NC(=S)N[C@@H]1CS(=O)(=O)C[C@H]1Cl. The van der Waals surface area contributed by atoms with Crippen molar-refractivity contribution in [2.24, 2.45) is 0 Å². The van der Waals surface area contributed by atoms with Gasteiger partial charge in [0.05, 0.1) is 22.9 Å². The van der Waals surface area contributed by atoms with E-state index in [0.29, 0.717) is 5.11 Å². The lowest BCUT2D eigenvalue weighted by molar-refractivity contribution is 0.358. The largest absolute Gasteiger partial charge is 0.356 e. The van der Waals surface area contributed by atoms with Gasteiger partial charge in [0, 0.05) is 14.1 Å². The third-order valence-electron chi connectivity index (χ3n) is 1.92. The Morgan fingerprint density at radius 2 is 2.07 bits per heavy atom. The number of hydrogen-bond donors (Lipinski definition) is 2. The minimum absolute atomic E-state index is 0.0107. The standard InChI is InChI=1S/C7H14ClN3O2S2/c1-11(2)10-7(14)9-6-4-15(12,13)3-5(6)8/h5-6H,3-4H2,1-2H3,(H2,9,10,14)/t5-,6-/m1/s1. The van der Waals surface area contributed by atoms with Crippen LogP contribution >= 0.6 is 23.8 Å². The van der Waals surface area contributed by atoms with Crippen LogP contribution in [-0.4, -0.2) is 55.6 Å². The van der Waals surface area contributed by atoms with Gasteiger partial charge in [-0.25, -0.2) is 13.4 Å². The molecule has 1 aliphatic rings. The minimum Gasteiger partial charge on any atom is -0.356 e. The zero-order chi connectivity index (χ0) is 11.6. The first-order valence-corrected chi connectivity index (χ1v) is 7.06. The van der Waals surface area contributed by atoms with Gasteiger partial charge in [-0.15, -0.1) is 11.6 Å².